The van der Waals surface area contributed by atoms with Crippen LogP contribution in [0.25, 0.3) is 0 Å². The van der Waals surface area contributed by atoms with Crippen molar-refractivity contribution in [2.75, 3.05) is 37.6 Å². The zero-order valence-electron chi connectivity index (χ0n) is 13.1. The highest BCUT2D eigenvalue weighted by molar-refractivity contribution is 5.82. The van der Waals surface area contributed by atoms with E-state index in [1.807, 2.05) is 6.07 Å². The number of hydrogen-bond acceptors (Lipinski definition) is 3. The van der Waals surface area contributed by atoms with Crippen LogP contribution in [0.2, 0.25) is 0 Å². The molecule has 1 spiro atoms. The summed E-state index contributed by atoms with van der Waals surface area (Å²) in [6.07, 6.45) is 4.98. The van der Waals surface area contributed by atoms with Crippen molar-refractivity contribution in [3.63, 3.8) is 0 Å². The average Bonchev–Trinajstić information content (AvgIpc) is 3.35. The molecule has 3 aliphatic rings. The van der Waals surface area contributed by atoms with Crippen molar-refractivity contribution in [3.05, 3.63) is 30.3 Å². The highest BCUT2D eigenvalue weighted by atomic mass is 16.2. The van der Waals surface area contributed by atoms with Crippen LogP contribution < -0.4 is 10.2 Å². The van der Waals surface area contributed by atoms with Crippen LogP contribution in [0, 0.1) is 5.41 Å². The van der Waals surface area contributed by atoms with Gasteiger partial charge >= 0.3 is 0 Å². The summed E-state index contributed by atoms with van der Waals surface area (Å²) in [5, 5.41) is 3.51. The summed E-state index contributed by atoms with van der Waals surface area (Å²) in [6.45, 7) is 4.61. The molecule has 22 heavy (non-hydrogen) atoms. The lowest BCUT2D eigenvalue weighted by atomic mass is 9.91. The Bertz CT molecular complexity index is 523. The first-order valence-electron chi connectivity index (χ1n) is 8.58. The third kappa shape index (κ3) is 2.72. The van der Waals surface area contributed by atoms with Crippen molar-refractivity contribution in [3.8, 4) is 0 Å². The van der Waals surface area contributed by atoms with E-state index in [0.29, 0.717) is 11.3 Å². The predicted molar refractivity (Wildman–Crippen MR) is 87.9 cm³/mol. The number of amides is 1. The minimum atomic E-state index is 0.0644. The van der Waals surface area contributed by atoms with Gasteiger partial charge in [0.05, 0.1) is 6.04 Å². The second-order valence-electron chi connectivity index (χ2n) is 7.12. The van der Waals surface area contributed by atoms with Crippen LogP contribution in [-0.2, 0) is 4.79 Å². The number of anilines is 1. The predicted octanol–water partition coefficient (Wildman–Crippen LogP) is 1.87. The molecule has 1 amide bonds. The maximum Gasteiger partial charge on any atom is 0.239 e. The first-order chi connectivity index (χ1) is 10.8. The number of nitrogens with zero attached hydrogens (tertiary/aromatic N) is 2. The first-order valence-corrected chi connectivity index (χ1v) is 8.58. The zero-order chi connectivity index (χ0) is 15.0. The van der Waals surface area contributed by atoms with Gasteiger partial charge < -0.3 is 15.1 Å². The summed E-state index contributed by atoms with van der Waals surface area (Å²) in [5.74, 6) is 0.322. The molecule has 1 saturated carbocycles. The summed E-state index contributed by atoms with van der Waals surface area (Å²) in [4.78, 5) is 17.1. The Morgan fingerprint density at radius 2 is 1.77 bits per heavy atom. The van der Waals surface area contributed by atoms with E-state index >= 15 is 0 Å². The van der Waals surface area contributed by atoms with E-state index in [2.05, 4.69) is 39.4 Å². The van der Waals surface area contributed by atoms with E-state index in [-0.39, 0.29) is 6.04 Å². The average molecular weight is 299 g/mol. The van der Waals surface area contributed by atoms with E-state index < -0.39 is 0 Å². The number of benzene rings is 1. The van der Waals surface area contributed by atoms with Crippen molar-refractivity contribution in [1.82, 2.24) is 10.2 Å². The van der Waals surface area contributed by atoms with Crippen molar-refractivity contribution in [1.29, 1.82) is 0 Å². The summed E-state index contributed by atoms with van der Waals surface area (Å²) < 4.78 is 0. The molecule has 0 bridgehead atoms. The summed E-state index contributed by atoms with van der Waals surface area (Å²) >= 11 is 0. The molecule has 1 aromatic rings. The zero-order valence-corrected chi connectivity index (χ0v) is 13.1. The van der Waals surface area contributed by atoms with Crippen molar-refractivity contribution >= 4 is 11.6 Å². The number of nitrogens with one attached hydrogen (secondary N) is 1. The fourth-order valence-corrected chi connectivity index (χ4v) is 3.84. The molecule has 2 saturated heterocycles. The van der Waals surface area contributed by atoms with Gasteiger partial charge in [-0.25, -0.2) is 0 Å². The number of piperidine rings is 1. The lowest BCUT2D eigenvalue weighted by Crippen LogP contribution is -2.56. The highest BCUT2D eigenvalue weighted by Crippen LogP contribution is 2.51. The quantitative estimate of drug-likeness (QED) is 0.905. The molecule has 3 fully saturated rings. The maximum absolute atomic E-state index is 12.7. The van der Waals surface area contributed by atoms with E-state index in [0.717, 1.165) is 39.1 Å². The van der Waals surface area contributed by atoms with E-state index in [4.69, 9.17) is 0 Å². The lowest BCUT2D eigenvalue weighted by molar-refractivity contribution is -0.134. The summed E-state index contributed by atoms with van der Waals surface area (Å²) in [5.41, 5.74) is 1.84. The molecule has 1 unspecified atom stereocenters. The fourth-order valence-electron chi connectivity index (χ4n) is 3.84. The van der Waals surface area contributed by atoms with Gasteiger partial charge in [0, 0.05) is 38.4 Å². The summed E-state index contributed by atoms with van der Waals surface area (Å²) in [7, 11) is 0. The molecule has 4 heteroatoms. The Morgan fingerprint density at radius 3 is 2.36 bits per heavy atom. The van der Waals surface area contributed by atoms with Crippen LogP contribution in [0.15, 0.2) is 30.3 Å². The molecule has 1 N–H and O–H groups in total. The Hall–Kier alpha value is -1.55. The van der Waals surface area contributed by atoms with Gasteiger partial charge in [0.1, 0.15) is 0 Å². The Labute approximate surface area is 132 Å². The van der Waals surface area contributed by atoms with Crippen molar-refractivity contribution in [2.45, 2.75) is 31.7 Å². The van der Waals surface area contributed by atoms with E-state index in [1.165, 1.54) is 24.9 Å². The topological polar surface area (TPSA) is 35.6 Å². The van der Waals surface area contributed by atoms with Gasteiger partial charge in [-0.1, -0.05) is 18.2 Å². The van der Waals surface area contributed by atoms with Crippen molar-refractivity contribution in [2.24, 2.45) is 5.41 Å². The number of carbonyl (C=O) groups is 1. The lowest BCUT2D eigenvalue weighted by Gasteiger charge is -2.39. The minimum absolute atomic E-state index is 0.0644. The van der Waals surface area contributed by atoms with E-state index in [1.54, 1.807) is 0 Å². The molecule has 1 atom stereocenters. The molecule has 2 aliphatic heterocycles. The molecule has 1 aromatic carbocycles. The number of carbonyl (C=O) groups excluding carboxylic acids is 1. The molecule has 4 nitrogen and oxygen atoms in total. The second kappa shape index (κ2) is 5.58. The van der Waals surface area contributed by atoms with Crippen LogP contribution in [-0.4, -0.2) is 49.6 Å². The van der Waals surface area contributed by atoms with Gasteiger partial charge in [-0.2, -0.15) is 0 Å². The summed E-state index contributed by atoms with van der Waals surface area (Å²) in [6, 6.07) is 10.6. The van der Waals surface area contributed by atoms with Crippen LogP contribution in [0.1, 0.15) is 25.7 Å². The smallest absolute Gasteiger partial charge is 0.239 e. The van der Waals surface area contributed by atoms with Gasteiger partial charge in [-0.15, -0.1) is 0 Å². The van der Waals surface area contributed by atoms with Crippen LogP contribution >= 0.6 is 0 Å². The van der Waals surface area contributed by atoms with Crippen LogP contribution in [0.3, 0.4) is 0 Å². The molecule has 118 valence electrons. The minimum Gasteiger partial charge on any atom is -0.368 e. The molecular formula is C18H25N3O. The molecule has 4 rings (SSSR count). The molecule has 1 aliphatic carbocycles. The van der Waals surface area contributed by atoms with Gasteiger partial charge in [0.15, 0.2) is 0 Å². The standard InChI is InChI=1S/C18H25N3O/c22-17(16-6-7-18(8-9-18)14-19-16)21-12-10-20(11-13-21)15-4-2-1-3-5-15/h1-5,16,19H,6-14H2. The molecule has 2 heterocycles. The van der Waals surface area contributed by atoms with Gasteiger partial charge in [-0.05, 0) is 43.2 Å². The number of hydrogen-bond donors (Lipinski definition) is 1. The van der Waals surface area contributed by atoms with Crippen LogP contribution in [0.5, 0.6) is 0 Å². The van der Waals surface area contributed by atoms with E-state index in [9.17, 15) is 4.79 Å². The first kappa shape index (κ1) is 14.1. The fraction of sp³-hybridized carbons (Fsp3) is 0.611. The Balaban J connectivity index is 1.30. The Morgan fingerprint density at radius 1 is 1.05 bits per heavy atom. The largest absolute Gasteiger partial charge is 0.368 e. The van der Waals surface area contributed by atoms with Gasteiger partial charge in [0.25, 0.3) is 0 Å². The number of piperazine rings is 1. The van der Waals surface area contributed by atoms with Crippen molar-refractivity contribution < 1.29 is 4.79 Å². The molecule has 0 radical (unpaired) electrons. The normalized spacial score (nSPS) is 27.0. The monoisotopic (exact) mass is 299 g/mol. The maximum atomic E-state index is 12.7. The molecule has 0 aromatic heterocycles. The second-order valence-corrected chi connectivity index (χ2v) is 7.12. The third-order valence-electron chi connectivity index (χ3n) is 5.65. The number of para-hydroxylation sites is 1. The number of rotatable bonds is 2. The van der Waals surface area contributed by atoms with Gasteiger partial charge in [-0.3, -0.25) is 4.79 Å². The molecular weight excluding hydrogens is 274 g/mol. The third-order valence-corrected chi connectivity index (χ3v) is 5.65. The van der Waals surface area contributed by atoms with Crippen LogP contribution in [0.4, 0.5) is 5.69 Å². The Kier molecular flexibility index (Phi) is 3.57. The van der Waals surface area contributed by atoms with Gasteiger partial charge in [0.2, 0.25) is 5.91 Å². The highest BCUT2D eigenvalue weighted by Gasteiger charge is 2.46. The SMILES string of the molecule is O=C(C1CCC2(CC2)CN1)N1CCN(c2ccccc2)CC1.